The third-order valence-electron chi connectivity index (χ3n) is 6.17. The zero-order valence-electron chi connectivity index (χ0n) is 20.7. The largest absolute Gasteiger partial charge is 0.340 e. The van der Waals surface area contributed by atoms with E-state index < -0.39 is 20.6 Å². The van der Waals surface area contributed by atoms with Gasteiger partial charge in [0, 0.05) is 0 Å². The van der Waals surface area contributed by atoms with Crippen molar-refractivity contribution >= 4 is 15.2 Å². The van der Waals surface area contributed by atoms with E-state index in [9.17, 15) is 9.13 Å². The van der Waals surface area contributed by atoms with Gasteiger partial charge < -0.3 is 24.5 Å². The Balaban J connectivity index is 3.49. The lowest BCUT2D eigenvalue weighted by atomic mass is 10.0. The van der Waals surface area contributed by atoms with E-state index in [1.165, 1.54) is 96.3 Å². The van der Waals surface area contributed by atoms with Crippen molar-refractivity contribution in [3.8, 4) is 0 Å². The normalized spacial score (nSPS) is 12.9. The van der Waals surface area contributed by atoms with Gasteiger partial charge in [0.05, 0.1) is 0 Å². The second kappa shape index (κ2) is 19.6. The van der Waals surface area contributed by atoms with E-state index in [1.54, 1.807) is 0 Å². The van der Waals surface area contributed by atoms with Crippen molar-refractivity contribution in [2.24, 2.45) is 0 Å². The number of nitrogens with zero attached hydrogens (tertiary/aromatic N) is 1. The standard InChI is InChI=1S/C23H51NO6P2/c1-3-4-5-6-7-8-9-10-11-12-13-14-15-16-17-18-21-24(2)22-19-20-23(31(25,26)27)32(28,29)30/h23H,3-22H2,1-2H3,(H2,25,26,27)(H2,28,29,30). The molecule has 4 N–H and O–H groups in total. The van der Waals surface area contributed by atoms with Crippen LogP contribution < -0.4 is 0 Å². The summed E-state index contributed by atoms with van der Waals surface area (Å²) >= 11 is 0. The summed E-state index contributed by atoms with van der Waals surface area (Å²) < 4.78 is 22.6. The molecule has 0 rings (SSSR count). The van der Waals surface area contributed by atoms with Crippen LogP contribution in [0.3, 0.4) is 0 Å². The molecule has 0 aliphatic carbocycles. The maximum atomic E-state index is 11.3. The van der Waals surface area contributed by atoms with Crippen LogP contribution in [0.2, 0.25) is 0 Å². The third-order valence-corrected chi connectivity index (χ3v) is 10.0. The molecule has 7 nitrogen and oxygen atoms in total. The molecule has 0 saturated carbocycles. The van der Waals surface area contributed by atoms with Crippen LogP contribution in [0.15, 0.2) is 0 Å². The lowest BCUT2D eigenvalue weighted by Gasteiger charge is -2.21. The Kier molecular flexibility index (Phi) is 19.7. The second-order valence-corrected chi connectivity index (χ2v) is 13.4. The van der Waals surface area contributed by atoms with Gasteiger partial charge in [0.25, 0.3) is 0 Å². The Hall–Kier alpha value is 0.260. The van der Waals surface area contributed by atoms with E-state index in [1.807, 2.05) is 7.05 Å². The number of unbranched alkanes of at least 4 members (excludes halogenated alkanes) is 15. The molecule has 0 spiro atoms. The Bertz CT molecular complexity index is 501. The molecule has 0 aliphatic rings. The van der Waals surface area contributed by atoms with Crippen molar-refractivity contribution in [2.45, 2.75) is 128 Å². The smallest absolute Gasteiger partial charge is 0.324 e. The lowest BCUT2D eigenvalue weighted by Crippen LogP contribution is -2.22. The van der Waals surface area contributed by atoms with Crippen molar-refractivity contribution in [3.05, 3.63) is 0 Å². The monoisotopic (exact) mass is 499 g/mol. The Morgan fingerprint density at radius 3 is 1.22 bits per heavy atom. The molecule has 0 aromatic heterocycles. The van der Waals surface area contributed by atoms with Crippen molar-refractivity contribution in [1.82, 2.24) is 4.90 Å². The van der Waals surface area contributed by atoms with Crippen LogP contribution in [0.4, 0.5) is 0 Å². The van der Waals surface area contributed by atoms with E-state index in [2.05, 4.69) is 11.8 Å². The van der Waals surface area contributed by atoms with Crippen molar-refractivity contribution < 1.29 is 28.7 Å². The minimum Gasteiger partial charge on any atom is -0.324 e. The van der Waals surface area contributed by atoms with Crippen LogP contribution in [0.25, 0.3) is 0 Å². The van der Waals surface area contributed by atoms with Gasteiger partial charge in [-0.3, -0.25) is 9.13 Å². The van der Waals surface area contributed by atoms with Gasteiger partial charge in [0.2, 0.25) is 0 Å². The molecule has 0 amide bonds. The summed E-state index contributed by atoms with van der Waals surface area (Å²) in [5, 5.41) is -1.88. The summed E-state index contributed by atoms with van der Waals surface area (Å²) in [6, 6.07) is 0. The highest BCUT2D eigenvalue weighted by Gasteiger charge is 2.42. The number of rotatable bonds is 23. The Morgan fingerprint density at radius 1 is 0.562 bits per heavy atom. The van der Waals surface area contributed by atoms with Gasteiger partial charge >= 0.3 is 15.2 Å². The van der Waals surface area contributed by atoms with Crippen molar-refractivity contribution in [1.29, 1.82) is 0 Å². The molecule has 0 aromatic carbocycles. The predicted molar refractivity (Wildman–Crippen MR) is 134 cm³/mol. The fourth-order valence-electron chi connectivity index (χ4n) is 4.12. The molecule has 0 radical (unpaired) electrons. The molecule has 0 atom stereocenters. The van der Waals surface area contributed by atoms with Crippen LogP contribution in [-0.2, 0) is 9.13 Å². The maximum Gasteiger partial charge on any atom is 0.340 e. The molecule has 32 heavy (non-hydrogen) atoms. The molecule has 0 bridgehead atoms. The fourth-order valence-corrected chi connectivity index (χ4v) is 6.72. The summed E-state index contributed by atoms with van der Waals surface area (Å²) in [6.45, 7) is 3.74. The van der Waals surface area contributed by atoms with Gasteiger partial charge in [-0.05, 0) is 39.4 Å². The number of hydrogen-bond donors (Lipinski definition) is 4. The Labute approximate surface area is 197 Å². The highest BCUT2D eigenvalue weighted by atomic mass is 31.2. The van der Waals surface area contributed by atoms with Crippen molar-refractivity contribution in [2.75, 3.05) is 20.1 Å². The number of hydrogen-bond acceptors (Lipinski definition) is 3. The van der Waals surface area contributed by atoms with Gasteiger partial charge in [-0.2, -0.15) is 0 Å². The second-order valence-electron chi connectivity index (χ2n) is 9.41. The quantitative estimate of drug-likeness (QED) is 0.0919. The van der Waals surface area contributed by atoms with Gasteiger partial charge in [-0.15, -0.1) is 0 Å². The van der Waals surface area contributed by atoms with Crippen LogP contribution in [0.1, 0.15) is 122 Å². The molecular weight excluding hydrogens is 448 g/mol. The zero-order chi connectivity index (χ0) is 24.3. The van der Waals surface area contributed by atoms with Crippen LogP contribution in [0, 0.1) is 0 Å². The first kappa shape index (κ1) is 32.3. The predicted octanol–water partition coefficient (Wildman–Crippen LogP) is 6.64. The van der Waals surface area contributed by atoms with Gasteiger partial charge in [0.15, 0.2) is 5.40 Å². The van der Waals surface area contributed by atoms with Gasteiger partial charge in [-0.1, -0.05) is 103 Å². The first-order chi connectivity index (χ1) is 15.1. The van der Waals surface area contributed by atoms with Crippen molar-refractivity contribution in [3.63, 3.8) is 0 Å². The van der Waals surface area contributed by atoms with E-state index in [4.69, 9.17) is 19.6 Å². The van der Waals surface area contributed by atoms with E-state index >= 15 is 0 Å². The first-order valence-corrected chi connectivity index (χ1v) is 16.2. The molecule has 194 valence electrons. The average Bonchev–Trinajstić information content (AvgIpc) is 2.69. The lowest BCUT2D eigenvalue weighted by molar-refractivity contribution is 0.305. The molecule has 0 unspecified atom stereocenters. The molecule has 0 aliphatic heterocycles. The topological polar surface area (TPSA) is 118 Å². The van der Waals surface area contributed by atoms with E-state index in [-0.39, 0.29) is 6.42 Å². The van der Waals surface area contributed by atoms with Crippen LogP contribution >= 0.6 is 15.2 Å². The van der Waals surface area contributed by atoms with Gasteiger partial charge in [-0.25, -0.2) is 0 Å². The highest BCUT2D eigenvalue weighted by molar-refractivity contribution is 7.70. The molecular formula is C23H51NO6P2. The van der Waals surface area contributed by atoms with E-state index in [0.29, 0.717) is 13.0 Å². The molecule has 0 aromatic rings. The molecule has 9 heteroatoms. The molecule has 0 saturated heterocycles. The minimum atomic E-state index is -4.79. The molecule has 0 fully saturated rings. The average molecular weight is 500 g/mol. The van der Waals surface area contributed by atoms with Gasteiger partial charge in [0.1, 0.15) is 0 Å². The van der Waals surface area contributed by atoms with E-state index in [0.717, 1.165) is 13.0 Å². The Morgan fingerprint density at radius 2 is 0.875 bits per heavy atom. The summed E-state index contributed by atoms with van der Waals surface area (Å²) in [7, 11) is -7.65. The summed E-state index contributed by atoms with van der Waals surface area (Å²) in [5.41, 5.74) is 0. The summed E-state index contributed by atoms with van der Waals surface area (Å²) in [5.74, 6) is 0. The first-order valence-electron chi connectivity index (χ1n) is 12.9. The SMILES string of the molecule is CCCCCCCCCCCCCCCCCCN(C)CCCC(P(=O)(O)O)P(=O)(O)O. The summed E-state index contributed by atoms with van der Waals surface area (Å²) in [6.07, 6.45) is 21.5. The minimum absolute atomic E-state index is 0.169. The molecule has 0 heterocycles. The highest BCUT2D eigenvalue weighted by Crippen LogP contribution is 2.61. The van der Waals surface area contributed by atoms with Crippen LogP contribution in [-0.4, -0.2) is 50.0 Å². The fraction of sp³-hybridized carbons (Fsp3) is 1.00. The summed E-state index contributed by atoms with van der Waals surface area (Å²) in [4.78, 5) is 38.6. The van der Waals surface area contributed by atoms with Crippen LogP contribution in [0.5, 0.6) is 0 Å². The third kappa shape index (κ3) is 19.7. The zero-order valence-corrected chi connectivity index (χ0v) is 22.5. The maximum absolute atomic E-state index is 11.3.